The average molecular weight is 367 g/mol. The number of aliphatic hydroxyl groups excluding tert-OH is 1. The topological polar surface area (TPSA) is 50.1 Å². The highest BCUT2D eigenvalue weighted by Crippen LogP contribution is 2.41. The highest BCUT2D eigenvalue weighted by molar-refractivity contribution is 5.19. The standard InChI is InChI=1S/C19H24F3N3O/c20-16-5-3-14(4-6-16)8-19(7-1-2-17(19)26)13-23-9-15-10-24-25(11-15)12-18(21)22/h3-6,10-11,17-18,23,26H,1-2,7-9,12-13H2. The van der Waals surface area contributed by atoms with Gasteiger partial charge in [0, 0.05) is 30.3 Å². The number of rotatable bonds is 8. The molecule has 0 amide bonds. The lowest BCUT2D eigenvalue weighted by Gasteiger charge is -2.33. The molecular weight excluding hydrogens is 343 g/mol. The first-order valence-corrected chi connectivity index (χ1v) is 8.90. The first kappa shape index (κ1) is 18.9. The predicted octanol–water partition coefficient (Wildman–Crippen LogP) is 3.15. The van der Waals surface area contributed by atoms with Crippen LogP contribution in [0.5, 0.6) is 0 Å². The smallest absolute Gasteiger partial charge is 0.257 e. The molecule has 3 rings (SSSR count). The molecule has 1 aliphatic rings. The second-order valence-electron chi connectivity index (χ2n) is 7.14. The van der Waals surface area contributed by atoms with Gasteiger partial charge in [0.2, 0.25) is 0 Å². The second-order valence-corrected chi connectivity index (χ2v) is 7.14. The van der Waals surface area contributed by atoms with Gasteiger partial charge in [-0.2, -0.15) is 5.10 Å². The summed E-state index contributed by atoms with van der Waals surface area (Å²) >= 11 is 0. The minimum absolute atomic E-state index is 0.270. The summed E-state index contributed by atoms with van der Waals surface area (Å²) in [6.07, 6.45) is 3.62. The van der Waals surface area contributed by atoms with Crippen molar-refractivity contribution in [2.24, 2.45) is 5.41 Å². The van der Waals surface area contributed by atoms with Crippen LogP contribution in [-0.4, -0.2) is 34.0 Å². The van der Waals surface area contributed by atoms with Crippen LogP contribution in [0.25, 0.3) is 0 Å². The van der Waals surface area contributed by atoms with E-state index in [1.54, 1.807) is 24.5 Å². The van der Waals surface area contributed by atoms with Crippen LogP contribution in [-0.2, 0) is 19.5 Å². The van der Waals surface area contributed by atoms with Gasteiger partial charge in [-0.1, -0.05) is 18.6 Å². The lowest BCUT2D eigenvalue weighted by atomic mass is 9.78. The lowest BCUT2D eigenvalue weighted by Crippen LogP contribution is -2.41. The quantitative estimate of drug-likeness (QED) is 0.754. The maximum Gasteiger partial charge on any atom is 0.257 e. The summed E-state index contributed by atoms with van der Waals surface area (Å²) in [5, 5.41) is 17.8. The van der Waals surface area contributed by atoms with Crippen LogP contribution in [0.1, 0.15) is 30.4 Å². The highest BCUT2D eigenvalue weighted by Gasteiger charge is 2.41. The molecule has 1 saturated carbocycles. The minimum atomic E-state index is -2.43. The Kier molecular flexibility index (Phi) is 5.98. The van der Waals surface area contributed by atoms with Crippen molar-refractivity contribution in [3.63, 3.8) is 0 Å². The van der Waals surface area contributed by atoms with Crippen molar-refractivity contribution in [1.82, 2.24) is 15.1 Å². The van der Waals surface area contributed by atoms with E-state index >= 15 is 0 Å². The SMILES string of the molecule is OC1CCCC1(CNCc1cnn(CC(F)F)c1)Cc1ccc(F)cc1. The van der Waals surface area contributed by atoms with Crippen molar-refractivity contribution >= 4 is 0 Å². The number of hydrogen-bond donors (Lipinski definition) is 2. The molecule has 7 heteroatoms. The Morgan fingerprint density at radius 3 is 2.69 bits per heavy atom. The fourth-order valence-corrected chi connectivity index (χ4v) is 3.80. The summed E-state index contributed by atoms with van der Waals surface area (Å²) in [4.78, 5) is 0. The molecule has 0 radical (unpaired) electrons. The molecule has 1 aliphatic carbocycles. The summed E-state index contributed by atoms with van der Waals surface area (Å²) < 4.78 is 39.1. The van der Waals surface area contributed by atoms with Crippen LogP contribution < -0.4 is 5.32 Å². The molecule has 2 N–H and O–H groups in total. The van der Waals surface area contributed by atoms with Crippen molar-refractivity contribution in [1.29, 1.82) is 0 Å². The Balaban J connectivity index is 1.60. The summed E-state index contributed by atoms with van der Waals surface area (Å²) in [5.74, 6) is -0.270. The van der Waals surface area contributed by atoms with Gasteiger partial charge in [-0.15, -0.1) is 0 Å². The largest absolute Gasteiger partial charge is 0.392 e. The third-order valence-corrected chi connectivity index (χ3v) is 5.15. The minimum Gasteiger partial charge on any atom is -0.392 e. The van der Waals surface area contributed by atoms with Gasteiger partial charge in [0.1, 0.15) is 12.4 Å². The van der Waals surface area contributed by atoms with Gasteiger partial charge in [0.25, 0.3) is 6.43 Å². The van der Waals surface area contributed by atoms with Gasteiger partial charge in [-0.3, -0.25) is 4.68 Å². The maximum absolute atomic E-state index is 13.1. The Morgan fingerprint density at radius 2 is 2.04 bits per heavy atom. The Hall–Kier alpha value is -1.86. The number of aliphatic hydroxyl groups is 1. The van der Waals surface area contributed by atoms with Crippen molar-refractivity contribution < 1.29 is 18.3 Å². The lowest BCUT2D eigenvalue weighted by molar-refractivity contribution is 0.0519. The van der Waals surface area contributed by atoms with E-state index < -0.39 is 19.1 Å². The van der Waals surface area contributed by atoms with Gasteiger partial charge < -0.3 is 10.4 Å². The van der Waals surface area contributed by atoms with Gasteiger partial charge in [-0.25, -0.2) is 13.2 Å². The Bertz CT molecular complexity index is 704. The number of halogens is 3. The summed E-state index contributed by atoms with van der Waals surface area (Å²) in [7, 11) is 0. The van der Waals surface area contributed by atoms with E-state index in [4.69, 9.17) is 0 Å². The zero-order valence-electron chi connectivity index (χ0n) is 14.5. The van der Waals surface area contributed by atoms with Gasteiger partial charge in [-0.05, 0) is 37.0 Å². The summed E-state index contributed by atoms with van der Waals surface area (Å²) in [6.45, 7) is 0.694. The molecule has 4 nitrogen and oxygen atoms in total. The molecule has 142 valence electrons. The molecule has 1 fully saturated rings. The zero-order chi connectivity index (χ0) is 18.6. The molecule has 2 unspecified atom stereocenters. The fraction of sp³-hybridized carbons (Fsp3) is 0.526. The molecule has 1 aromatic carbocycles. The van der Waals surface area contributed by atoms with Crippen LogP contribution >= 0.6 is 0 Å². The molecule has 2 atom stereocenters. The monoisotopic (exact) mass is 367 g/mol. The number of nitrogens with one attached hydrogen (secondary N) is 1. The molecule has 0 spiro atoms. The fourth-order valence-electron chi connectivity index (χ4n) is 3.80. The molecule has 0 saturated heterocycles. The highest BCUT2D eigenvalue weighted by atomic mass is 19.3. The number of alkyl halides is 2. The molecule has 26 heavy (non-hydrogen) atoms. The first-order valence-electron chi connectivity index (χ1n) is 8.90. The molecule has 2 aromatic rings. The van der Waals surface area contributed by atoms with Crippen molar-refractivity contribution in [2.45, 2.75) is 51.3 Å². The van der Waals surface area contributed by atoms with E-state index in [-0.39, 0.29) is 11.2 Å². The molecule has 0 aliphatic heterocycles. The first-order chi connectivity index (χ1) is 12.5. The van der Waals surface area contributed by atoms with E-state index in [0.717, 1.165) is 30.4 Å². The van der Waals surface area contributed by atoms with Crippen LogP contribution in [0.4, 0.5) is 13.2 Å². The van der Waals surface area contributed by atoms with Crippen LogP contribution in [0.3, 0.4) is 0 Å². The van der Waals surface area contributed by atoms with Gasteiger partial charge in [0.15, 0.2) is 0 Å². The Morgan fingerprint density at radius 1 is 1.27 bits per heavy atom. The zero-order valence-corrected chi connectivity index (χ0v) is 14.5. The molecule has 1 aromatic heterocycles. The molecular formula is C19H24F3N3O. The van der Waals surface area contributed by atoms with E-state index in [9.17, 15) is 18.3 Å². The molecule has 1 heterocycles. The van der Waals surface area contributed by atoms with E-state index in [0.29, 0.717) is 19.5 Å². The third kappa shape index (κ3) is 4.65. The van der Waals surface area contributed by atoms with Crippen molar-refractivity contribution in [3.8, 4) is 0 Å². The maximum atomic E-state index is 13.1. The molecule has 0 bridgehead atoms. The summed E-state index contributed by atoms with van der Waals surface area (Å²) in [6, 6.07) is 6.40. The second kappa shape index (κ2) is 8.22. The van der Waals surface area contributed by atoms with E-state index in [2.05, 4.69) is 10.4 Å². The number of benzene rings is 1. The van der Waals surface area contributed by atoms with Crippen LogP contribution in [0.15, 0.2) is 36.7 Å². The van der Waals surface area contributed by atoms with E-state index in [1.807, 2.05) is 0 Å². The summed E-state index contributed by atoms with van der Waals surface area (Å²) in [5.41, 5.74) is 1.53. The average Bonchev–Trinajstić information content (AvgIpc) is 3.17. The van der Waals surface area contributed by atoms with Gasteiger partial charge >= 0.3 is 0 Å². The number of hydrogen-bond acceptors (Lipinski definition) is 3. The van der Waals surface area contributed by atoms with Crippen molar-refractivity contribution in [3.05, 3.63) is 53.6 Å². The number of aromatic nitrogens is 2. The van der Waals surface area contributed by atoms with Gasteiger partial charge in [0.05, 0.1) is 12.3 Å². The number of nitrogens with zero attached hydrogens (tertiary/aromatic N) is 2. The predicted molar refractivity (Wildman–Crippen MR) is 92.3 cm³/mol. The van der Waals surface area contributed by atoms with Crippen LogP contribution in [0, 0.1) is 11.2 Å². The Labute approximate surface area is 151 Å². The normalized spacial score (nSPS) is 23.0. The van der Waals surface area contributed by atoms with E-state index in [1.165, 1.54) is 16.8 Å². The van der Waals surface area contributed by atoms with Crippen LogP contribution in [0.2, 0.25) is 0 Å². The third-order valence-electron chi connectivity index (χ3n) is 5.15. The van der Waals surface area contributed by atoms with Crippen molar-refractivity contribution in [2.75, 3.05) is 6.54 Å².